The van der Waals surface area contributed by atoms with Gasteiger partial charge in [-0.3, -0.25) is 4.79 Å². The zero-order chi connectivity index (χ0) is 9.52. The molecule has 1 aliphatic heterocycles. The normalized spacial score (nSPS) is 21.8. The molecule has 4 nitrogen and oxygen atoms in total. The summed E-state index contributed by atoms with van der Waals surface area (Å²) in [4.78, 5) is 11.0. The quantitative estimate of drug-likeness (QED) is 0.622. The molecule has 1 fully saturated rings. The SMILES string of the molecule is COCC(=O)NCCC1CCNC1. The van der Waals surface area contributed by atoms with Crippen molar-refractivity contribution >= 4 is 5.91 Å². The summed E-state index contributed by atoms with van der Waals surface area (Å²) in [5.41, 5.74) is 0. The van der Waals surface area contributed by atoms with Gasteiger partial charge in [-0.15, -0.1) is 0 Å². The van der Waals surface area contributed by atoms with Crippen LogP contribution in [0.5, 0.6) is 0 Å². The molecule has 76 valence electrons. The maximum atomic E-state index is 11.0. The third-order valence-electron chi connectivity index (χ3n) is 2.31. The molecule has 0 aromatic carbocycles. The van der Waals surface area contributed by atoms with Crippen molar-refractivity contribution < 1.29 is 9.53 Å². The summed E-state index contributed by atoms with van der Waals surface area (Å²) in [6.07, 6.45) is 2.31. The van der Waals surface area contributed by atoms with Gasteiger partial charge < -0.3 is 15.4 Å². The van der Waals surface area contributed by atoms with Gasteiger partial charge in [-0.1, -0.05) is 0 Å². The average Bonchev–Trinajstić information content (AvgIpc) is 2.57. The number of methoxy groups -OCH3 is 1. The summed E-state index contributed by atoms with van der Waals surface area (Å²) in [7, 11) is 1.53. The summed E-state index contributed by atoms with van der Waals surface area (Å²) < 4.78 is 4.70. The van der Waals surface area contributed by atoms with Crippen molar-refractivity contribution in [3.8, 4) is 0 Å². The van der Waals surface area contributed by atoms with Crippen molar-refractivity contribution in [1.29, 1.82) is 0 Å². The Bertz CT molecular complexity index is 156. The van der Waals surface area contributed by atoms with Crippen LogP contribution >= 0.6 is 0 Å². The van der Waals surface area contributed by atoms with E-state index in [1.807, 2.05) is 0 Å². The fourth-order valence-corrected chi connectivity index (χ4v) is 1.56. The van der Waals surface area contributed by atoms with Gasteiger partial charge in [-0.2, -0.15) is 0 Å². The van der Waals surface area contributed by atoms with Crippen molar-refractivity contribution in [2.45, 2.75) is 12.8 Å². The highest BCUT2D eigenvalue weighted by atomic mass is 16.5. The summed E-state index contributed by atoms with van der Waals surface area (Å²) >= 11 is 0. The van der Waals surface area contributed by atoms with E-state index in [9.17, 15) is 4.79 Å². The van der Waals surface area contributed by atoms with Crippen molar-refractivity contribution in [2.24, 2.45) is 5.92 Å². The van der Waals surface area contributed by atoms with E-state index in [0.29, 0.717) is 0 Å². The average molecular weight is 186 g/mol. The van der Waals surface area contributed by atoms with Crippen molar-refractivity contribution in [1.82, 2.24) is 10.6 Å². The fourth-order valence-electron chi connectivity index (χ4n) is 1.56. The minimum Gasteiger partial charge on any atom is -0.375 e. The minimum atomic E-state index is -0.0199. The predicted octanol–water partition coefficient (Wildman–Crippen LogP) is -0.251. The van der Waals surface area contributed by atoms with Crippen molar-refractivity contribution in [3.63, 3.8) is 0 Å². The van der Waals surface area contributed by atoms with Gasteiger partial charge in [0.05, 0.1) is 0 Å². The maximum absolute atomic E-state index is 11.0. The zero-order valence-corrected chi connectivity index (χ0v) is 8.14. The van der Waals surface area contributed by atoms with Gasteiger partial charge in [0.1, 0.15) is 6.61 Å². The monoisotopic (exact) mass is 186 g/mol. The van der Waals surface area contributed by atoms with Crippen LogP contribution in [0.25, 0.3) is 0 Å². The fraction of sp³-hybridized carbons (Fsp3) is 0.889. The predicted molar refractivity (Wildman–Crippen MR) is 50.5 cm³/mol. The third-order valence-corrected chi connectivity index (χ3v) is 2.31. The van der Waals surface area contributed by atoms with Crippen LogP contribution in [-0.4, -0.2) is 39.3 Å². The van der Waals surface area contributed by atoms with E-state index >= 15 is 0 Å². The molecule has 1 rings (SSSR count). The number of carbonyl (C=O) groups is 1. The van der Waals surface area contributed by atoms with E-state index in [2.05, 4.69) is 10.6 Å². The van der Waals surface area contributed by atoms with Gasteiger partial charge in [0.2, 0.25) is 5.91 Å². The van der Waals surface area contributed by atoms with Gasteiger partial charge in [0, 0.05) is 13.7 Å². The Balaban J connectivity index is 1.96. The number of nitrogens with one attached hydrogen (secondary N) is 2. The minimum absolute atomic E-state index is 0.0199. The van der Waals surface area contributed by atoms with Crippen LogP contribution in [-0.2, 0) is 9.53 Å². The van der Waals surface area contributed by atoms with E-state index in [1.54, 1.807) is 0 Å². The van der Waals surface area contributed by atoms with Crippen LogP contribution < -0.4 is 10.6 Å². The molecule has 1 saturated heterocycles. The number of hydrogen-bond donors (Lipinski definition) is 2. The van der Waals surface area contributed by atoms with Gasteiger partial charge in [-0.25, -0.2) is 0 Å². The summed E-state index contributed by atoms with van der Waals surface area (Å²) in [5.74, 6) is 0.719. The second-order valence-electron chi connectivity index (χ2n) is 3.43. The molecule has 1 aliphatic rings. The lowest BCUT2D eigenvalue weighted by Crippen LogP contribution is -2.29. The van der Waals surface area contributed by atoms with Gasteiger partial charge in [0.25, 0.3) is 0 Å². The van der Waals surface area contributed by atoms with Gasteiger partial charge >= 0.3 is 0 Å². The summed E-state index contributed by atoms with van der Waals surface area (Å²) in [6, 6.07) is 0. The Kier molecular flexibility index (Phi) is 4.78. The Hall–Kier alpha value is -0.610. The van der Waals surface area contributed by atoms with Crippen LogP contribution in [0.4, 0.5) is 0 Å². The first-order valence-corrected chi connectivity index (χ1v) is 4.79. The topological polar surface area (TPSA) is 50.4 Å². The lowest BCUT2D eigenvalue weighted by atomic mass is 10.1. The first-order valence-electron chi connectivity index (χ1n) is 4.79. The molecule has 0 aromatic rings. The van der Waals surface area contributed by atoms with E-state index in [-0.39, 0.29) is 12.5 Å². The molecule has 0 aromatic heterocycles. The number of carbonyl (C=O) groups excluding carboxylic acids is 1. The van der Waals surface area contributed by atoms with Crippen LogP contribution in [0.1, 0.15) is 12.8 Å². The number of amides is 1. The van der Waals surface area contributed by atoms with Crippen LogP contribution in [0.15, 0.2) is 0 Å². The number of rotatable bonds is 5. The standard InChI is InChI=1S/C9H18N2O2/c1-13-7-9(12)11-5-3-8-2-4-10-6-8/h8,10H,2-7H2,1H3,(H,11,12). The van der Waals surface area contributed by atoms with E-state index in [4.69, 9.17) is 4.74 Å². The zero-order valence-electron chi connectivity index (χ0n) is 8.14. The Labute approximate surface area is 79.0 Å². The molecule has 1 unspecified atom stereocenters. The second-order valence-corrected chi connectivity index (χ2v) is 3.43. The van der Waals surface area contributed by atoms with E-state index in [0.717, 1.165) is 32.0 Å². The van der Waals surface area contributed by atoms with E-state index in [1.165, 1.54) is 13.5 Å². The maximum Gasteiger partial charge on any atom is 0.245 e. The largest absolute Gasteiger partial charge is 0.375 e. The molecule has 0 spiro atoms. The lowest BCUT2D eigenvalue weighted by molar-refractivity contribution is -0.124. The highest BCUT2D eigenvalue weighted by Crippen LogP contribution is 2.10. The third kappa shape index (κ3) is 4.24. The molecule has 0 aliphatic carbocycles. The summed E-state index contributed by atoms with van der Waals surface area (Å²) in [6.45, 7) is 3.16. The number of hydrogen-bond acceptors (Lipinski definition) is 3. The van der Waals surface area contributed by atoms with Crippen LogP contribution in [0, 0.1) is 5.92 Å². The first kappa shape index (κ1) is 10.5. The molecule has 1 heterocycles. The smallest absolute Gasteiger partial charge is 0.245 e. The Morgan fingerprint density at radius 1 is 1.69 bits per heavy atom. The van der Waals surface area contributed by atoms with Gasteiger partial charge in [0.15, 0.2) is 0 Å². The molecule has 1 atom stereocenters. The first-order chi connectivity index (χ1) is 6.33. The van der Waals surface area contributed by atoms with Crippen molar-refractivity contribution in [3.05, 3.63) is 0 Å². The Morgan fingerprint density at radius 3 is 3.15 bits per heavy atom. The second kappa shape index (κ2) is 5.94. The lowest BCUT2D eigenvalue weighted by Gasteiger charge is -2.08. The van der Waals surface area contributed by atoms with Crippen molar-refractivity contribution in [2.75, 3.05) is 33.4 Å². The molecule has 1 amide bonds. The van der Waals surface area contributed by atoms with E-state index < -0.39 is 0 Å². The van der Waals surface area contributed by atoms with Gasteiger partial charge in [-0.05, 0) is 31.8 Å². The molecule has 13 heavy (non-hydrogen) atoms. The molecule has 0 bridgehead atoms. The molecule has 2 N–H and O–H groups in total. The van der Waals surface area contributed by atoms with Crippen LogP contribution in [0.3, 0.4) is 0 Å². The highest BCUT2D eigenvalue weighted by Gasteiger charge is 2.13. The molecule has 0 saturated carbocycles. The molecule has 4 heteroatoms. The van der Waals surface area contributed by atoms with Crippen LogP contribution in [0.2, 0.25) is 0 Å². The number of ether oxygens (including phenoxy) is 1. The Morgan fingerprint density at radius 2 is 2.54 bits per heavy atom. The highest BCUT2D eigenvalue weighted by molar-refractivity contribution is 5.77. The summed E-state index contributed by atoms with van der Waals surface area (Å²) in [5, 5.41) is 6.12. The molecule has 0 radical (unpaired) electrons. The molecular formula is C9H18N2O2. The molecular weight excluding hydrogens is 168 g/mol.